The highest BCUT2D eigenvalue weighted by molar-refractivity contribution is 14.0. The maximum absolute atomic E-state index is 4.89. The molecule has 3 rings (SSSR count). The van der Waals surface area contributed by atoms with Crippen molar-refractivity contribution in [3.05, 3.63) is 29.8 Å². The molecule has 2 saturated heterocycles. The van der Waals surface area contributed by atoms with E-state index in [0.29, 0.717) is 5.92 Å². The Kier molecular flexibility index (Phi) is 9.85. The van der Waals surface area contributed by atoms with Gasteiger partial charge in [-0.05, 0) is 83.3 Å². The molecule has 5 nitrogen and oxygen atoms in total. The van der Waals surface area contributed by atoms with Gasteiger partial charge in [-0.25, -0.2) is 0 Å². The molecule has 28 heavy (non-hydrogen) atoms. The Labute approximate surface area is 188 Å². The number of halogens is 1. The molecule has 158 valence electrons. The molecule has 0 aliphatic carbocycles. The van der Waals surface area contributed by atoms with Crippen molar-refractivity contribution < 1.29 is 0 Å². The molecule has 0 spiro atoms. The van der Waals surface area contributed by atoms with Crippen LogP contribution in [0.2, 0.25) is 0 Å². The highest BCUT2D eigenvalue weighted by Crippen LogP contribution is 2.24. The van der Waals surface area contributed by atoms with E-state index in [2.05, 4.69) is 65.6 Å². The van der Waals surface area contributed by atoms with Gasteiger partial charge < -0.3 is 20.4 Å². The monoisotopic (exact) mass is 499 g/mol. The fraction of sp³-hybridized carbons (Fsp3) is 0.682. The second-order valence-corrected chi connectivity index (χ2v) is 8.12. The van der Waals surface area contributed by atoms with Crippen LogP contribution in [0, 0.1) is 5.92 Å². The average Bonchev–Trinajstić information content (AvgIpc) is 3.22. The first-order chi connectivity index (χ1) is 13.2. The molecule has 0 saturated carbocycles. The zero-order valence-electron chi connectivity index (χ0n) is 17.8. The second-order valence-electron chi connectivity index (χ2n) is 8.12. The molecule has 0 radical (unpaired) electrons. The normalized spacial score (nSPS) is 20.0. The smallest absolute Gasteiger partial charge is 0.191 e. The highest BCUT2D eigenvalue weighted by atomic mass is 127. The molecule has 2 N–H and O–H groups in total. The fourth-order valence-electron chi connectivity index (χ4n) is 4.04. The van der Waals surface area contributed by atoms with Gasteiger partial charge in [0, 0.05) is 31.9 Å². The summed E-state index contributed by atoms with van der Waals surface area (Å²) in [6.45, 7) is 10.9. The van der Waals surface area contributed by atoms with Crippen molar-refractivity contribution in [3.63, 3.8) is 0 Å². The molecule has 0 amide bonds. The Morgan fingerprint density at radius 3 is 2.57 bits per heavy atom. The van der Waals surface area contributed by atoms with E-state index in [-0.39, 0.29) is 30.0 Å². The summed E-state index contributed by atoms with van der Waals surface area (Å²) in [4.78, 5) is 9.80. The van der Waals surface area contributed by atoms with Crippen LogP contribution in [0.5, 0.6) is 0 Å². The summed E-state index contributed by atoms with van der Waals surface area (Å²) in [5, 5.41) is 7.03. The number of nitrogens with zero attached hydrogens (tertiary/aromatic N) is 3. The summed E-state index contributed by atoms with van der Waals surface area (Å²) < 4.78 is 0. The van der Waals surface area contributed by atoms with Gasteiger partial charge in [-0.3, -0.25) is 4.99 Å². The summed E-state index contributed by atoms with van der Waals surface area (Å²) in [5.74, 6) is 1.65. The van der Waals surface area contributed by atoms with Gasteiger partial charge in [-0.1, -0.05) is 12.1 Å². The average molecular weight is 499 g/mol. The number of likely N-dealkylation sites (tertiary alicyclic amines) is 1. The van der Waals surface area contributed by atoms with Crippen LogP contribution in [-0.4, -0.2) is 57.2 Å². The number of hydrogen-bond acceptors (Lipinski definition) is 3. The van der Waals surface area contributed by atoms with Crippen LogP contribution in [0.4, 0.5) is 5.69 Å². The van der Waals surface area contributed by atoms with Crippen LogP contribution >= 0.6 is 24.0 Å². The predicted octanol–water partition coefficient (Wildman–Crippen LogP) is 3.86. The van der Waals surface area contributed by atoms with E-state index < -0.39 is 0 Å². The topological polar surface area (TPSA) is 42.9 Å². The van der Waals surface area contributed by atoms with Gasteiger partial charge in [-0.15, -0.1) is 24.0 Å². The summed E-state index contributed by atoms with van der Waals surface area (Å²) in [6, 6.07) is 9.22. The van der Waals surface area contributed by atoms with Crippen molar-refractivity contribution in [2.75, 3.05) is 51.2 Å². The van der Waals surface area contributed by atoms with Gasteiger partial charge in [-0.2, -0.15) is 0 Å². The molecule has 2 aliphatic rings. The first kappa shape index (κ1) is 23.3. The fourth-order valence-corrected chi connectivity index (χ4v) is 4.04. The Morgan fingerprint density at radius 1 is 1.18 bits per heavy atom. The summed E-state index contributed by atoms with van der Waals surface area (Å²) in [6.07, 6.45) is 5.14. The number of nitrogens with one attached hydrogen (secondary N) is 2. The lowest BCUT2D eigenvalue weighted by Gasteiger charge is -2.28. The lowest BCUT2D eigenvalue weighted by atomic mass is 9.97. The van der Waals surface area contributed by atoms with E-state index in [1.165, 1.54) is 63.1 Å². The van der Waals surface area contributed by atoms with Crippen LogP contribution in [-0.2, 0) is 0 Å². The van der Waals surface area contributed by atoms with Crippen molar-refractivity contribution >= 4 is 35.6 Å². The molecule has 1 unspecified atom stereocenters. The SMILES string of the molecule is CCNC(=NCC1CCN(C)CC1)NC(C)c1cccc(N2CCCC2)c1.I. The van der Waals surface area contributed by atoms with Gasteiger partial charge in [0.15, 0.2) is 5.96 Å². The zero-order chi connectivity index (χ0) is 19.1. The summed E-state index contributed by atoms with van der Waals surface area (Å²) in [7, 11) is 2.21. The van der Waals surface area contributed by atoms with Crippen molar-refractivity contribution in [2.45, 2.75) is 45.6 Å². The molecule has 0 bridgehead atoms. The molecule has 1 atom stereocenters. The van der Waals surface area contributed by atoms with E-state index in [0.717, 1.165) is 19.0 Å². The highest BCUT2D eigenvalue weighted by Gasteiger charge is 2.17. The van der Waals surface area contributed by atoms with E-state index in [9.17, 15) is 0 Å². The number of benzene rings is 1. The first-order valence-electron chi connectivity index (χ1n) is 10.7. The maximum atomic E-state index is 4.89. The summed E-state index contributed by atoms with van der Waals surface area (Å²) >= 11 is 0. The number of hydrogen-bond donors (Lipinski definition) is 2. The van der Waals surface area contributed by atoms with Gasteiger partial charge in [0.05, 0.1) is 6.04 Å². The standard InChI is InChI=1S/C22H37N5.HI/c1-4-23-22(24-17-19-10-14-26(3)15-11-19)25-18(2)20-8-7-9-21(16-20)27-12-5-6-13-27;/h7-9,16,18-19H,4-6,10-15,17H2,1-3H3,(H2,23,24,25);1H. The Morgan fingerprint density at radius 2 is 1.89 bits per heavy atom. The number of guanidine groups is 1. The number of aliphatic imine (C=N–C) groups is 1. The second kappa shape index (κ2) is 11.9. The van der Waals surface area contributed by atoms with Gasteiger partial charge in [0.1, 0.15) is 0 Å². The van der Waals surface area contributed by atoms with Crippen LogP contribution < -0.4 is 15.5 Å². The summed E-state index contributed by atoms with van der Waals surface area (Å²) in [5.41, 5.74) is 2.68. The predicted molar refractivity (Wildman–Crippen MR) is 131 cm³/mol. The van der Waals surface area contributed by atoms with E-state index in [1.54, 1.807) is 0 Å². The number of anilines is 1. The third-order valence-corrected chi connectivity index (χ3v) is 5.88. The first-order valence-corrected chi connectivity index (χ1v) is 10.7. The van der Waals surface area contributed by atoms with Gasteiger partial charge in [0.2, 0.25) is 0 Å². The Balaban J connectivity index is 0.00000280. The molecule has 6 heteroatoms. The van der Waals surface area contributed by atoms with Crippen molar-refractivity contribution in [2.24, 2.45) is 10.9 Å². The van der Waals surface area contributed by atoms with Gasteiger partial charge >= 0.3 is 0 Å². The largest absolute Gasteiger partial charge is 0.372 e. The lowest BCUT2D eigenvalue weighted by Crippen LogP contribution is -2.39. The maximum Gasteiger partial charge on any atom is 0.191 e. The van der Waals surface area contributed by atoms with E-state index in [1.807, 2.05) is 0 Å². The molecular weight excluding hydrogens is 461 g/mol. The minimum atomic E-state index is 0. The molecule has 2 aliphatic heterocycles. The third kappa shape index (κ3) is 6.79. The number of piperidine rings is 1. The molecular formula is C22H38IN5. The molecule has 2 fully saturated rings. The van der Waals surface area contributed by atoms with Gasteiger partial charge in [0.25, 0.3) is 0 Å². The third-order valence-electron chi connectivity index (χ3n) is 5.88. The number of rotatable bonds is 6. The van der Waals surface area contributed by atoms with E-state index >= 15 is 0 Å². The molecule has 0 aromatic heterocycles. The lowest BCUT2D eigenvalue weighted by molar-refractivity contribution is 0.223. The van der Waals surface area contributed by atoms with Crippen molar-refractivity contribution in [1.29, 1.82) is 0 Å². The minimum Gasteiger partial charge on any atom is -0.372 e. The molecule has 1 aromatic carbocycles. The molecule has 1 aromatic rings. The Bertz CT molecular complexity index is 607. The van der Waals surface area contributed by atoms with Crippen LogP contribution in [0.25, 0.3) is 0 Å². The Hall–Kier alpha value is -1.02. The minimum absolute atomic E-state index is 0. The quantitative estimate of drug-likeness (QED) is 0.355. The van der Waals surface area contributed by atoms with Crippen LogP contribution in [0.15, 0.2) is 29.3 Å². The van der Waals surface area contributed by atoms with Crippen LogP contribution in [0.1, 0.15) is 51.1 Å². The molecule has 2 heterocycles. The van der Waals surface area contributed by atoms with E-state index in [4.69, 9.17) is 4.99 Å². The van der Waals surface area contributed by atoms with Crippen LogP contribution in [0.3, 0.4) is 0 Å². The zero-order valence-corrected chi connectivity index (χ0v) is 20.1. The van der Waals surface area contributed by atoms with Crippen molar-refractivity contribution in [3.8, 4) is 0 Å². The van der Waals surface area contributed by atoms with Crippen molar-refractivity contribution in [1.82, 2.24) is 15.5 Å².